The molecule has 0 atom stereocenters. The fourth-order valence-electron chi connectivity index (χ4n) is 0. The Morgan fingerprint density at radius 1 is 0.360 bits per heavy atom. The van der Waals surface area contributed by atoms with Crippen LogP contribution in [0.5, 0.6) is 0 Å². The molecule has 12 nitrogen and oxygen atoms in total. The summed E-state index contributed by atoms with van der Waals surface area (Å²) in [6.07, 6.45) is 0. The van der Waals surface area contributed by atoms with Crippen molar-refractivity contribution in [3.63, 3.8) is 0 Å². The molecule has 0 heterocycles. The van der Waals surface area contributed by atoms with Gasteiger partial charge in [0.1, 0.15) is 0 Å². The fraction of sp³-hybridized carbons (Fsp3) is 0. The molecule has 0 amide bonds. The molecule has 0 rings (SSSR count). The smallest absolute Gasteiger partial charge is 0.611 e. The van der Waals surface area contributed by atoms with Crippen molar-refractivity contribution in [1.82, 2.24) is 0 Å². The standard InChI is InChI=1S/4CH2NO2S2.Mo/c4*3-2(4)1(5)6;/h4*(H2-,3,4,5,6);/q4*-1;+4. The maximum absolute atomic E-state index is 9.31. The molecule has 0 aliphatic rings. The van der Waals surface area contributed by atoms with E-state index in [9.17, 15) is 41.7 Å². The van der Waals surface area contributed by atoms with Crippen LogP contribution in [0.25, 0.3) is 0 Å². The van der Waals surface area contributed by atoms with E-state index in [1.165, 1.54) is 0 Å². The first kappa shape index (κ1) is 36.5. The minimum absolute atomic E-state index is 0. The third kappa shape index (κ3) is 45.6. The normalized spacial score (nSPS) is 7.36. The summed E-state index contributed by atoms with van der Waals surface area (Å²) in [7, 11) is 0. The Hall–Kier alpha value is 0.568. The summed E-state index contributed by atoms with van der Waals surface area (Å²) in [6, 6.07) is 0. The van der Waals surface area contributed by atoms with Crippen molar-refractivity contribution in [3.8, 4) is 0 Å². The van der Waals surface area contributed by atoms with Gasteiger partial charge in [-0.15, -0.1) is 0 Å². The second-order valence-corrected chi connectivity index (χ2v) is 7.03. The molecular weight excluding hydrogens is 585 g/mol. The SMILES string of the molecule is [Mo+4].[O-][N+]([O-])=C(S)S.[O-][N+]([O-])=C(S)S.[O-][N+]([O-])=C(S)S.[O-][N+]([O-])=C(S)S. The van der Waals surface area contributed by atoms with Crippen LogP contribution >= 0.6 is 101 Å². The van der Waals surface area contributed by atoms with E-state index in [1.807, 2.05) is 0 Å². The van der Waals surface area contributed by atoms with Crippen LogP contribution < -0.4 is 0 Å². The number of hydrogen-bond acceptors (Lipinski definition) is 8. The van der Waals surface area contributed by atoms with Gasteiger partial charge in [-0.2, -0.15) is 19.6 Å². The number of nitrogens with zero attached hydrogens (tertiary/aromatic N) is 4. The summed E-state index contributed by atoms with van der Waals surface area (Å²) in [5.41, 5.74) is 0. The molecule has 0 saturated heterocycles. The first-order valence-electron chi connectivity index (χ1n) is 4.14. The van der Waals surface area contributed by atoms with Gasteiger partial charge in [-0.25, -0.2) is 0 Å². The van der Waals surface area contributed by atoms with E-state index in [-0.39, 0.29) is 38.6 Å². The van der Waals surface area contributed by atoms with Gasteiger partial charge in [0, 0.05) is 0 Å². The Kier molecular flexibility index (Phi) is 33.0. The second kappa shape index (κ2) is 22.6. The van der Waals surface area contributed by atoms with E-state index in [1.54, 1.807) is 0 Å². The minimum atomic E-state index is -0.688. The maximum Gasteiger partial charge on any atom is 4.00 e. The molecule has 0 aromatic heterocycles. The van der Waals surface area contributed by atoms with Gasteiger partial charge < -0.3 is 41.7 Å². The molecule has 146 valence electrons. The van der Waals surface area contributed by atoms with Gasteiger partial charge in [0.05, 0.1) is 0 Å². The van der Waals surface area contributed by atoms with Crippen LogP contribution in [-0.4, -0.2) is 37.1 Å². The maximum atomic E-state index is 9.31. The van der Waals surface area contributed by atoms with Crippen molar-refractivity contribution >= 4 is 119 Å². The van der Waals surface area contributed by atoms with E-state index in [0.717, 1.165) is 0 Å². The topological polar surface area (TPSA) is 197 Å². The third-order valence-electron chi connectivity index (χ3n) is 0.653. The summed E-state index contributed by atoms with van der Waals surface area (Å²) in [5, 5.41) is 74.5. The zero-order valence-corrected chi connectivity index (χ0v) is 20.2. The molecule has 0 aromatic rings. The van der Waals surface area contributed by atoms with Crippen LogP contribution in [0.15, 0.2) is 0 Å². The van der Waals surface area contributed by atoms with Crippen molar-refractivity contribution in [2.75, 3.05) is 0 Å². The molecule has 0 saturated carbocycles. The Morgan fingerprint density at radius 2 is 0.400 bits per heavy atom. The molecular formula is C4H8MoN4O8S8. The van der Waals surface area contributed by atoms with E-state index >= 15 is 0 Å². The Balaban J connectivity index is -0.0000000702. The summed E-state index contributed by atoms with van der Waals surface area (Å²) in [6.45, 7) is 0. The van der Waals surface area contributed by atoms with Crippen molar-refractivity contribution in [1.29, 1.82) is 0 Å². The summed E-state index contributed by atoms with van der Waals surface area (Å²) < 4.78 is -1.52. The van der Waals surface area contributed by atoms with Gasteiger partial charge >= 0.3 is 21.1 Å². The zero-order valence-electron chi connectivity index (χ0n) is 11.0. The molecule has 0 aromatic carbocycles. The monoisotopic (exact) mass is 594 g/mol. The minimum Gasteiger partial charge on any atom is -0.611 e. The van der Waals surface area contributed by atoms with Crippen LogP contribution in [-0.2, 0) is 21.1 Å². The van der Waals surface area contributed by atoms with E-state index in [0.29, 0.717) is 0 Å². The summed E-state index contributed by atoms with van der Waals surface area (Å²) >= 11 is 26.2. The van der Waals surface area contributed by atoms with Crippen LogP contribution in [0.4, 0.5) is 0 Å². The van der Waals surface area contributed by atoms with Crippen LogP contribution in [0.3, 0.4) is 0 Å². The molecule has 0 aliphatic carbocycles. The summed E-state index contributed by atoms with van der Waals surface area (Å²) in [4.78, 5) is -2.75. The molecule has 0 N–H and O–H groups in total. The van der Waals surface area contributed by atoms with E-state index in [2.05, 4.69) is 101 Å². The number of thiol groups is 8. The third-order valence-corrected chi connectivity index (χ3v) is 1.96. The largest absolute Gasteiger partial charge is 4.00 e. The van der Waals surface area contributed by atoms with Crippen molar-refractivity contribution in [3.05, 3.63) is 41.7 Å². The van der Waals surface area contributed by atoms with Gasteiger partial charge in [-0.3, -0.25) is 0 Å². The van der Waals surface area contributed by atoms with Crippen molar-refractivity contribution in [2.24, 2.45) is 0 Å². The van der Waals surface area contributed by atoms with Crippen LogP contribution in [0.2, 0.25) is 0 Å². The predicted octanol–water partition coefficient (Wildman–Crippen LogP) is 0.838. The van der Waals surface area contributed by atoms with Crippen LogP contribution in [0.1, 0.15) is 0 Å². The molecule has 0 unspecified atom stereocenters. The molecule has 0 bridgehead atoms. The van der Waals surface area contributed by atoms with Gasteiger partial charge in [0.15, 0.2) is 0 Å². The van der Waals surface area contributed by atoms with Gasteiger partial charge in [-0.1, -0.05) is 101 Å². The van der Waals surface area contributed by atoms with Crippen LogP contribution in [0, 0.1) is 41.7 Å². The number of rotatable bonds is 0. The molecule has 0 radical (unpaired) electrons. The first-order valence-corrected chi connectivity index (χ1v) is 7.72. The quantitative estimate of drug-likeness (QED) is 0.0506. The van der Waals surface area contributed by atoms with E-state index < -0.39 is 19.6 Å². The Morgan fingerprint density at radius 3 is 0.400 bits per heavy atom. The molecule has 0 aliphatic heterocycles. The Labute approximate surface area is 199 Å². The van der Waals surface area contributed by atoms with E-state index in [4.69, 9.17) is 0 Å². The molecule has 21 heteroatoms. The van der Waals surface area contributed by atoms with Crippen molar-refractivity contribution < 1.29 is 40.7 Å². The van der Waals surface area contributed by atoms with Gasteiger partial charge in [-0.05, 0) is 0 Å². The van der Waals surface area contributed by atoms with Gasteiger partial charge in [0.25, 0.3) is 17.5 Å². The average Bonchev–Trinajstić information content (AvgIpc) is 2.40. The number of hydrogen-bond donors (Lipinski definition) is 8. The molecule has 0 fully saturated rings. The predicted molar refractivity (Wildman–Crippen MR) is 120 cm³/mol. The fourth-order valence-corrected chi connectivity index (χ4v) is 0. The van der Waals surface area contributed by atoms with Crippen molar-refractivity contribution in [2.45, 2.75) is 0 Å². The second-order valence-electron chi connectivity index (χ2n) is 2.23. The molecule has 25 heavy (non-hydrogen) atoms. The van der Waals surface area contributed by atoms with Gasteiger partial charge in [0.2, 0.25) is 0 Å². The summed E-state index contributed by atoms with van der Waals surface area (Å²) in [5.74, 6) is 0. The zero-order chi connectivity index (χ0) is 20.6. The average molecular weight is 593 g/mol. The molecule has 0 spiro atoms. The Bertz CT molecular complexity index is 341. The first-order chi connectivity index (χ1) is 10.6.